The van der Waals surface area contributed by atoms with Crippen LogP contribution in [0.3, 0.4) is 0 Å². The highest BCUT2D eigenvalue weighted by Gasteiger charge is 2.19. The van der Waals surface area contributed by atoms with Gasteiger partial charge in [-0.05, 0) is 43.0 Å². The van der Waals surface area contributed by atoms with Crippen LogP contribution in [0.15, 0.2) is 42.5 Å². The van der Waals surface area contributed by atoms with Gasteiger partial charge in [-0.25, -0.2) is 0 Å². The molecular formula is C16H17N3O2. The number of hydrogen-bond donors (Lipinski definition) is 1. The van der Waals surface area contributed by atoms with E-state index >= 15 is 0 Å². The van der Waals surface area contributed by atoms with Crippen LogP contribution in [0.25, 0.3) is 0 Å². The first-order valence-corrected chi connectivity index (χ1v) is 7.06. The monoisotopic (exact) mass is 283 g/mol. The number of nitrogens with two attached hydrogens (primary N) is 1. The first-order valence-electron chi connectivity index (χ1n) is 7.06. The van der Waals surface area contributed by atoms with Crippen LogP contribution >= 0.6 is 0 Å². The maximum Gasteiger partial charge on any atom is 0.292 e. The third-order valence-electron chi connectivity index (χ3n) is 3.88. The van der Waals surface area contributed by atoms with Crippen molar-refractivity contribution in [2.24, 2.45) is 0 Å². The van der Waals surface area contributed by atoms with Crippen LogP contribution in [0.4, 0.5) is 22.7 Å². The molecule has 0 bridgehead atoms. The molecule has 2 aromatic rings. The van der Waals surface area contributed by atoms with Crippen molar-refractivity contribution in [2.75, 3.05) is 17.2 Å². The van der Waals surface area contributed by atoms with E-state index in [1.807, 2.05) is 12.1 Å². The van der Waals surface area contributed by atoms with Crippen LogP contribution in [0.1, 0.15) is 18.4 Å². The highest BCUT2D eigenvalue weighted by Crippen LogP contribution is 2.35. The minimum absolute atomic E-state index is 0.0399. The van der Waals surface area contributed by atoms with Crippen molar-refractivity contribution in [3.63, 3.8) is 0 Å². The summed E-state index contributed by atoms with van der Waals surface area (Å²) in [5.41, 5.74) is 9.38. The molecule has 1 heterocycles. The quantitative estimate of drug-likeness (QED) is 0.518. The minimum atomic E-state index is -0.449. The Kier molecular flexibility index (Phi) is 3.48. The molecule has 5 heteroatoms. The van der Waals surface area contributed by atoms with Gasteiger partial charge in [0.05, 0.1) is 4.92 Å². The molecule has 0 unspecified atom stereocenters. The molecular weight excluding hydrogens is 266 g/mol. The van der Waals surface area contributed by atoms with Crippen molar-refractivity contribution < 1.29 is 4.92 Å². The van der Waals surface area contributed by atoms with Crippen LogP contribution in [0.5, 0.6) is 0 Å². The lowest BCUT2D eigenvalue weighted by molar-refractivity contribution is -0.383. The van der Waals surface area contributed by atoms with Gasteiger partial charge in [-0.15, -0.1) is 0 Å². The molecule has 1 aliphatic heterocycles. The molecule has 0 radical (unpaired) electrons. The first-order chi connectivity index (χ1) is 10.2. The predicted octanol–water partition coefficient (Wildman–Crippen LogP) is 3.65. The van der Waals surface area contributed by atoms with Gasteiger partial charge in [-0.2, -0.15) is 0 Å². The Hall–Kier alpha value is -2.56. The summed E-state index contributed by atoms with van der Waals surface area (Å²) in [7, 11) is 0. The van der Waals surface area contributed by atoms with Gasteiger partial charge < -0.3 is 10.6 Å². The average molecular weight is 283 g/mol. The van der Waals surface area contributed by atoms with Crippen molar-refractivity contribution in [1.29, 1.82) is 0 Å². The highest BCUT2D eigenvalue weighted by molar-refractivity contribution is 5.73. The molecule has 0 atom stereocenters. The van der Waals surface area contributed by atoms with Gasteiger partial charge >= 0.3 is 0 Å². The topological polar surface area (TPSA) is 72.4 Å². The van der Waals surface area contributed by atoms with Gasteiger partial charge in [-0.3, -0.25) is 10.1 Å². The Morgan fingerprint density at radius 3 is 2.71 bits per heavy atom. The molecule has 3 rings (SSSR count). The van der Waals surface area contributed by atoms with E-state index in [1.54, 1.807) is 12.1 Å². The average Bonchev–Trinajstić information content (AvgIpc) is 2.69. The van der Waals surface area contributed by atoms with E-state index in [1.165, 1.54) is 17.3 Å². The number of nitro groups is 1. The molecule has 0 saturated heterocycles. The summed E-state index contributed by atoms with van der Waals surface area (Å²) in [6, 6.07) is 13.3. The van der Waals surface area contributed by atoms with Gasteiger partial charge in [0, 0.05) is 24.0 Å². The largest absolute Gasteiger partial charge is 0.393 e. The van der Waals surface area contributed by atoms with Crippen molar-refractivity contribution >= 4 is 22.7 Å². The Morgan fingerprint density at radius 2 is 1.95 bits per heavy atom. The summed E-state index contributed by atoms with van der Waals surface area (Å²) in [6.07, 6.45) is 3.30. The maximum absolute atomic E-state index is 10.9. The third-order valence-corrected chi connectivity index (χ3v) is 3.88. The van der Waals surface area contributed by atoms with Crippen molar-refractivity contribution in [3.8, 4) is 0 Å². The lowest BCUT2D eigenvalue weighted by atomic mass is 10.1. The second-order valence-electron chi connectivity index (χ2n) is 5.24. The van der Waals surface area contributed by atoms with E-state index in [4.69, 9.17) is 5.73 Å². The van der Waals surface area contributed by atoms with Crippen LogP contribution in [0.2, 0.25) is 0 Å². The van der Waals surface area contributed by atoms with E-state index in [0.29, 0.717) is 0 Å². The number of hydrogen-bond acceptors (Lipinski definition) is 4. The fourth-order valence-corrected chi connectivity index (χ4v) is 2.84. The summed E-state index contributed by atoms with van der Waals surface area (Å²) in [4.78, 5) is 12.6. The zero-order valence-corrected chi connectivity index (χ0v) is 11.7. The standard InChI is InChI=1S/C16H17N3O2/c17-14-11-13(8-9-16(14)19(20)21)18-10-4-3-6-12-5-1-2-7-15(12)18/h1-2,5,7-9,11H,3-4,6,10,17H2. The maximum atomic E-state index is 10.9. The summed E-state index contributed by atoms with van der Waals surface area (Å²) < 4.78 is 0. The zero-order valence-electron chi connectivity index (χ0n) is 11.7. The Labute approximate surface area is 123 Å². The molecule has 0 fully saturated rings. The number of anilines is 3. The van der Waals surface area contributed by atoms with E-state index in [2.05, 4.69) is 17.0 Å². The molecule has 2 aromatic carbocycles. The fourth-order valence-electron chi connectivity index (χ4n) is 2.84. The number of para-hydroxylation sites is 1. The first kappa shape index (κ1) is 13.4. The summed E-state index contributed by atoms with van der Waals surface area (Å²) >= 11 is 0. The molecule has 2 N–H and O–H groups in total. The summed E-state index contributed by atoms with van der Waals surface area (Å²) in [5.74, 6) is 0. The Balaban J connectivity index is 2.04. The van der Waals surface area contributed by atoms with Crippen LogP contribution < -0.4 is 10.6 Å². The second-order valence-corrected chi connectivity index (χ2v) is 5.24. The molecule has 21 heavy (non-hydrogen) atoms. The third kappa shape index (κ3) is 2.54. The molecule has 108 valence electrons. The normalized spacial score (nSPS) is 14.4. The minimum Gasteiger partial charge on any atom is -0.393 e. The number of fused-ring (bicyclic) bond motifs is 1. The number of benzene rings is 2. The molecule has 0 aliphatic carbocycles. The van der Waals surface area contributed by atoms with Gasteiger partial charge in [0.2, 0.25) is 0 Å². The van der Waals surface area contributed by atoms with Crippen molar-refractivity contribution in [3.05, 3.63) is 58.1 Å². The van der Waals surface area contributed by atoms with E-state index in [9.17, 15) is 10.1 Å². The van der Waals surface area contributed by atoms with Crippen LogP contribution in [0, 0.1) is 10.1 Å². The highest BCUT2D eigenvalue weighted by atomic mass is 16.6. The zero-order chi connectivity index (χ0) is 14.8. The lowest BCUT2D eigenvalue weighted by Crippen LogP contribution is -2.18. The second kappa shape index (κ2) is 5.44. The van der Waals surface area contributed by atoms with Gasteiger partial charge in [0.1, 0.15) is 5.69 Å². The van der Waals surface area contributed by atoms with Crippen LogP contribution in [-0.4, -0.2) is 11.5 Å². The lowest BCUT2D eigenvalue weighted by Gasteiger charge is -2.25. The van der Waals surface area contributed by atoms with Gasteiger partial charge in [0.25, 0.3) is 5.69 Å². The van der Waals surface area contributed by atoms with Crippen molar-refractivity contribution in [1.82, 2.24) is 0 Å². The molecule has 5 nitrogen and oxygen atoms in total. The predicted molar refractivity (Wildman–Crippen MR) is 83.9 cm³/mol. The SMILES string of the molecule is Nc1cc(N2CCCCc3ccccc32)ccc1[N+](=O)[O-]. The van der Waals surface area contributed by atoms with E-state index in [-0.39, 0.29) is 11.4 Å². The van der Waals surface area contributed by atoms with E-state index < -0.39 is 4.92 Å². The smallest absolute Gasteiger partial charge is 0.292 e. The van der Waals surface area contributed by atoms with Gasteiger partial charge in [0.15, 0.2) is 0 Å². The molecule has 0 amide bonds. The number of aryl methyl sites for hydroxylation is 1. The van der Waals surface area contributed by atoms with Crippen molar-refractivity contribution in [2.45, 2.75) is 19.3 Å². The molecule has 0 spiro atoms. The number of rotatable bonds is 2. The van der Waals surface area contributed by atoms with E-state index in [0.717, 1.165) is 31.5 Å². The molecule has 1 aliphatic rings. The number of nitro benzene ring substituents is 1. The number of nitrogen functional groups attached to an aromatic ring is 1. The molecule has 0 saturated carbocycles. The summed E-state index contributed by atoms with van der Waals surface area (Å²) in [6.45, 7) is 0.897. The molecule has 0 aromatic heterocycles. The van der Waals surface area contributed by atoms with Gasteiger partial charge in [-0.1, -0.05) is 18.2 Å². The van der Waals surface area contributed by atoms with Crippen LogP contribution in [-0.2, 0) is 6.42 Å². The Morgan fingerprint density at radius 1 is 1.14 bits per heavy atom. The summed E-state index contributed by atoms with van der Waals surface area (Å²) in [5, 5.41) is 10.9. The Bertz CT molecular complexity index is 685. The fraction of sp³-hybridized carbons (Fsp3) is 0.250. The number of nitrogens with zero attached hydrogens (tertiary/aromatic N) is 2.